The van der Waals surface area contributed by atoms with E-state index < -0.39 is 0 Å². The Morgan fingerprint density at radius 3 is 2.84 bits per heavy atom. The first kappa shape index (κ1) is 12.9. The summed E-state index contributed by atoms with van der Waals surface area (Å²) in [5.74, 6) is 3.56. The van der Waals surface area contributed by atoms with Crippen molar-refractivity contribution in [3.05, 3.63) is 23.9 Å². The molecule has 3 rings (SSSR count). The minimum atomic E-state index is 0.277. The van der Waals surface area contributed by atoms with Crippen LogP contribution >= 0.6 is 0 Å². The molecule has 0 aliphatic heterocycles. The Bertz CT molecular complexity index is 417. The molecule has 0 radical (unpaired) electrons. The van der Waals surface area contributed by atoms with Crippen LogP contribution in [-0.4, -0.2) is 18.1 Å². The van der Waals surface area contributed by atoms with Crippen molar-refractivity contribution in [2.45, 2.75) is 44.6 Å². The SMILES string of the molecule is COc1ccc(CC(N)CC2CC3CCC2C3)cn1. The molecule has 4 unspecified atom stereocenters. The van der Waals surface area contributed by atoms with Gasteiger partial charge in [-0.2, -0.15) is 0 Å². The molecule has 1 aromatic rings. The molecular formula is C16H24N2O. The lowest BCUT2D eigenvalue weighted by molar-refractivity contribution is 0.294. The highest BCUT2D eigenvalue weighted by molar-refractivity contribution is 5.18. The lowest BCUT2D eigenvalue weighted by Gasteiger charge is -2.24. The van der Waals surface area contributed by atoms with Gasteiger partial charge in [-0.25, -0.2) is 4.98 Å². The van der Waals surface area contributed by atoms with Gasteiger partial charge in [0, 0.05) is 18.3 Å². The van der Waals surface area contributed by atoms with Gasteiger partial charge >= 0.3 is 0 Å². The summed E-state index contributed by atoms with van der Waals surface area (Å²) in [4.78, 5) is 4.24. The summed E-state index contributed by atoms with van der Waals surface area (Å²) < 4.78 is 5.07. The highest BCUT2D eigenvalue weighted by Gasteiger charge is 2.39. The molecule has 2 N–H and O–H groups in total. The van der Waals surface area contributed by atoms with E-state index in [0.717, 1.165) is 24.2 Å². The average molecular weight is 260 g/mol. The predicted octanol–water partition coefficient (Wildman–Crippen LogP) is 2.79. The number of hydrogen-bond donors (Lipinski definition) is 1. The molecule has 3 nitrogen and oxygen atoms in total. The number of methoxy groups -OCH3 is 1. The van der Waals surface area contributed by atoms with Gasteiger partial charge < -0.3 is 10.5 Å². The molecule has 4 atom stereocenters. The van der Waals surface area contributed by atoms with Crippen molar-refractivity contribution in [3.8, 4) is 5.88 Å². The van der Waals surface area contributed by atoms with E-state index in [9.17, 15) is 0 Å². The smallest absolute Gasteiger partial charge is 0.212 e. The molecule has 2 bridgehead atoms. The van der Waals surface area contributed by atoms with Gasteiger partial charge in [-0.3, -0.25) is 0 Å². The van der Waals surface area contributed by atoms with Crippen LogP contribution in [0.3, 0.4) is 0 Å². The van der Waals surface area contributed by atoms with Crippen LogP contribution < -0.4 is 10.5 Å². The van der Waals surface area contributed by atoms with E-state index in [1.807, 2.05) is 12.3 Å². The van der Waals surface area contributed by atoms with Gasteiger partial charge in [0.1, 0.15) is 0 Å². The van der Waals surface area contributed by atoms with Crippen molar-refractivity contribution in [2.75, 3.05) is 7.11 Å². The van der Waals surface area contributed by atoms with Crippen LogP contribution in [0.2, 0.25) is 0 Å². The van der Waals surface area contributed by atoms with E-state index >= 15 is 0 Å². The van der Waals surface area contributed by atoms with Crippen molar-refractivity contribution in [3.63, 3.8) is 0 Å². The van der Waals surface area contributed by atoms with Crippen LogP contribution in [0.15, 0.2) is 18.3 Å². The fraction of sp³-hybridized carbons (Fsp3) is 0.688. The van der Waals surface area contributed by atoms with Crippen LogP contribution in [0, 0.1) is 17.8 Å². The third kappa shape index (κ3) is 2.92. The Labute approximate surface area is 115 Å². The van der Waals surface area contributed by atoms with Crippen LogP contribution in [0.5, 0.6) is 5.88 Å². The van der Waals surface area contributed by atoms with Crippen molar-refractivity contribution in [1.29, 1.82) is 0 Å². The maximum atomic E-state index is 6.33. The lowest BCUT2D eigenvalue weighted by atomic mass is 9.83. The second-order valence-corrected chi connectivity index (χ2v) is 6.34. The van der Waals surface area contributed by atoms with Crippen LogP contribution in [0.25, 0.3) is 0 Å². The van der Waals surface area contributed by atoms with Crippen molar-refractivity contribution in [1.82, 2.24) is 4.98 Å². The highest BCUT2D eigenvalue weighted by Crippen LogP contribution is 2.49. The molecule has 2 fully saturated rings. The first-order valence-corrected chi connectivity index (χ1v) is 7.49. The number of ether oxygens (including phenoxy) is 1. The minimum absolute atomic E-state index is 0.277. The molecule has 1 aromatic heterocycles. The first-order valence-electron chi connectivity index (χ1n) is 7.49. The predicted molar refractivity (Wildman–Crippen MR) is 76.0 cm³/mol. The minimum Gasteiger partial charge on any atom is -0.481 e. The number of pyridine rings is 1. The molecule has 2 aliphatic rings. The molecule has 2 aliphatic carbocycles. The standard InChI is InChI=1S/C16H24N2O/c1-19-16-5-3-12(10-18-16)8-15(17)9-14-7-11-2-4-13(14)6-11/h3,5,10-11,13-15H,2,4,6-9,17H2,1H3. The van der Waals surface area contributed by atoms with Crippen LogP contribution in [0.4, 0.5) is 0 Å². The number of aromatic nitrogens is 1. The molecule has 0 amide bonds. The van der Waals surface area contributed by atoms with E-state index in [1.54, 1.807) is 7.11 Å². The van der Waals surface area contributed by atoms with E-state index in [4.69, 9.17) is 10.5 Å². The molecular weight excluding hydrogens is 236 g/mol. The maximum Gasteiger partial charge on any atom is 0.212 e. The molecule has 1 heterocycles. The van der Waals surface area contributed by atoms with Gasteiger partial charge in [0.25, 0.3) is 0 Å². The van der Waals surface area contributed by atoms with E-state index in [2.05, 4.69) is 11.1 Å². The monoisotopic (exact) mass is 260 g/mol. The summed E-state index contributed by atoms with van der Waals surface area (Å²) in [6.45, 7) is 0. The number of nitrogens with two attached hydrogens (primary N) is 1. The second kappa shape index (κ2) is 5.49. The van der Waals surface area contributed by atoms with Gasteiger partial charge in [0.15, 0.2) is 0 Å². The zero-order valence-corrected chi connectivity index (χ0v) is 11.7. The summed E-state index contributed by atoms with van der Waals surface area (Å²) in [6, 6.07) is 4.27. The Kier molecular flexibility index (Phi) is 3.74. The molecule has 0 aromatic carbocycles. The molecule has 3 heteroatoms. The van der Waals surface area contributed by atoms with E-state index in [1.165, 1.54) is 37.7 Å². The fourth-order valence-electron chi connectivity index (χ4n) is 4.09. The van der Waals surface area contributed by atoms with Crippen molar-refractivity contribution in [2.24, 2.45) is 23.5 Å². The number of nitrogens with zero attached hydrogens (tertiary/aromatic N) is 1. The van der Waals surface area contributed by atoms with Crippen LogP contribution in [-0.2, 0) is 6.42 Å². The summed E-state index contributed by atoms with van der Waals surface area (Å²) in [5, 5.41) is 0. The lowest BCUT2D eigenvalue weighted by Crippen LogP contribution is -2.28. The quantitative estimate of drug-likeness (QED) is 0.885. The maximum absolute atomic E-state index is 6.33. The Morgan fingerprint density at radius 1 is 1.37 bits per heavy atom. The molecule has 2 saturated carbocycles. The van der Waals surface area contributed by atoms with E-state index in [-0.39, 0.29) is 6.04 Å². The average Bonchev–Trinajstić information content (AvgIpc) is 3.02. The summed E-state index contributed by atoms with van der Waals surface area (Å²) in [6.07, 6.45) is 9.84. The van der Waals surface area contributed by atoms with Gasteiger partial charge in [-0.15, -0.1) is 0 Å². The van der Waals surface area contributed by atoms with Gasteiger partial charge in [-0.05, 0) is 55.4 Å². The number of fused-ring (bicyclic) bond motifs is 2. The van der Waals surface area contributed by atoms with Gasteiger partial charge in [-0.1, -0.05) is 12.5 Å². The first-order chi connectivity index (χ1) is 9.24. The van der Waals surface area contributed by atoms with Crippen molar-refractivity contribution >= 4 is 0 Å². The molecule has 19 heavy (non-hydrogen) atoms. The normalized spacial score (nSPS) is 30.5. The molecule has 104 valence electrons. The Hall–Kier alpha value is -1.09. The Balaban J connectivity index is 1.51. The Morgan fingerprint density at radius 2 is 2.26 bits per heavy atom. The van der Waals surface area contributed by atoms with Gasteiger partial charge in [0.2, 0.25) is 5.88 Å². The van der Waals surface area contributed by atoms with Gasteiger partial charge in [0.05, 0.1) is 7.11 Å². The fourth-order valence-corrected chi connectivity index (χ4v) is 4.09. The number of hydrogen-bond acceptors (Lipinski definition) is 3. The summed E-state index contributed by atoms with van der Waals surface area (Å²) in [5.41, 5.74) is 7.55. The highest BCUT2D eigenvalue weighted by atomic mass is 16.5. The third-order valence-electron chi connectivity index (χ3n) is 4.99. The third-order valence-corrected chi connectivity index (χ3v) is 4.99. The van der Waals surface area contributed by atoms with Crippen LogP contribution in [0.1, 0.15) is 37.7 Å². The largest absolute Gasteiger partial charge is 0.481 e. The topological polar surface area (TPSA) is 48.1 Å². The summed E-state index contributed by atoms with van der Waals surface area (Å²) in [7, 11) is 1.64. The second-order valence-electron chi connectivity index (χ2n) is 6.34. The summed E-state index contributed by atoms with van der Waals surface area (Å²) >= 11 is 0. The number of rotatable bonds is 5. The van der Waals surface area contributed by atoms with E-state index in [0.29, 0.717) is 5.88 Å². The van der Waals surface area contributed by atoms with Crippen molar-refractivity contribution < 1.29 is 4.74 Å². The molecule has 0 saturated heterocycles. The molecule has 0 spiro atoms. The zero-order chi connectivity index (χ0) is 13.2. The zero-order valence-electron chi connectivity index (χ0n) is 11.7.